The number of rotatable bonds is 9. The largest absolute Gasteiger partial charge is 0.548 e. The third-order valence-electron chi connectivity index (χ3n) is 2.63. The Morgan fingerprint density at radius 1 is 1.42 bits per heavy atom. The molecule has 19 heavy (non-hydrogen) atoms. The van der Waals surface area contributed by atoms with Crippen LogP contribution in [0.3, 0.4) is 0 Å². The van der Waals surface area contributed by atoms with Crippen molar-refractivity contribution in [3.63, 3.8) is 0 Å². The van der Waals surface area contributed by atoms with Gasteiger partial charge in [0.2, 0.25) is 11.8 Å². The molecule has 4 N–H and O–H groups in total. The van der Waals surface area contributed by atoms with Crippen molar-refractivity contribution < 1.29 is 24.6 Å². The van der Waals surface area contributed by atoms with Gasteiger partial charge < -0.3 is 26.1 Å². The molecule has 0 aliphatic rings. The predicted octanol–water partition coefficient (Wildman–Crippen LogP) is -1.57. The molecular weight excluding hydrogens is 252 g/mol. The van der Waals surface area contributed by atoms with Crippen molar-refractivity contribution in [1.82, 2.24) is 5.32 Å². The van der Waals surface area contributed by atoms with E-state index in [0.29, 0.717) is 12.8 Å². The number of carboxylic acids is 1. The van der Waals surface area contributed by atoms with E-state index in [1.807, 2.05) is 6.92 Å². The first kappa shape index (κ1) is 17.4. The Labute approximate surface area is 112 Å². The van der Waals surface area contributed by atoms with E-state index < -0.39 is 29.4 Å². The molecule has 110 valence electrons. The van der Waals surface area contributed by atoms with Crippen LogP contribution in [0.15, 0.2) is 0 Å². The lowest BCUT2D eigenvalue weighted by Crippen LogP contribution is -2.49. The Kier molecular flexibility index (Phi) is 7.06. The molecule has 0 heterocycles. The average molecular weight is 273 g/mol. The van der Waals surface area contributed by atoms with Gasteiger partial charge in [-0.15, -0.1) is 0 Å². The summed E-state index contributed by atoms with van der Waals surface area (Å²) in [6.07, 6.45) is 0.633. The zero-order valence-electron chi connectivity index (χ0n) is 11.3. The van der Waals surface area contributed by atoms with Crippen molar-refractivity contribution in [3.8, 4) is 0 Å². The van der Waals surface area contributed by atoms with Gasteiger partial charge in [-0.3, -0.25) is 9.59 Å². The Morgan fingerprint density at radius 2 is 2.00 bits per heavy atom. The molecule has 2 atom stereocenters. The summed E-state index contributed by atoms with van der Waals surface area (Å²) >= 11 is 0. The number of nitrogens with one attached hydrogen (secondary N) is 1. The van der Waals surface area contributed by atoms with Gasteiger partial charge in [-0.25, -0.2) is 0 Å². The van der Waals surface area contributed by atoms with Gasteiger partial charge in [0.15, 0.2) is 0 Å². The summed E-state index contributed by atoms with van der Waals surface area (Å²) in [7, 11) is 0. The van der Waals surface area contributed by atoms with Crippen molar-refractivity contribution >= 4 is 17.8 Å². The molecule has 0 aromatic carbocycles. The Hall–Kier alpha value is -1.63. The first-order valence-electron chi connectivity index (χ1n) is 6.19. The van der Waals surface area contributed by atoms with Crippen molar-refractivity contribution in [2.45, 2.75) is 57.6 Å². The van der Waals surface area contributed by atoms with Gasteiger partial charge in [-0.1, -0.05) is 13.3 Å². The predicted molar refractivity (Wildman–Crippen MR) is 65.5 cm³/mol. The molecule has 0 radical (unpaired) electrons. The highest BCUT2D eigenvalue weighted by atomic mass is 16.4. The van der Waals surface area contributed by atoms with E-state index >= 15 is 0 Å². The molecule has 0 saturated heterocycles. The van der Waals surface area contributed by atoms with Crippen LogP contribution in [0.4, 0.5) is 0 Å². The van der Waals surface area contributed by atoms with Gasteiger partial charge in [0.25, 0.3) is 0 Å². The molecule has 7 heteroatoms. The second-order valence-electron chi connectivity index (χ2n) is 4.87. The number of aliphatic carboxylic acids is 1. The molecule has 0 fully saturated rings. The fourth-order valence-electron chi connectivity index (χ4n) is 1.75. The number of aliphatic hydroxyl groups is 1. The normalized spacial score (nSPS) is 15.3. The minimum absolute atomic E-state index is 0.126. The van der Waals surface area contributed by atoms with Gasteiger partial charge >= 0.3 is 0 Å². The Morgan fingerprint density at radius 3 is 2.42 bits per heavy atom. The summed E-state index contributed by atoms with van der Waals surface area (Å²) in [5.41, 5.74) is 3.73. The molecule has 0 bridgehead atoms. The molecule has 7 nitrogen and oxygen atoms in total. The van der Waals surface area contributed by atoms with Crippen LogP contribution in [0.25, 0.3) is 0 Å². The molecule has 1 unspecified atom stereocenters. The second-order valence-corrected chi connectivity index (χ2v) is 4.87. The molecule has 0 aliphatic heterocycles. The van der Waals surface area contributed by atoms with E-state index in [9.17, 15) is 24.6 Å². The molecule has 0 rings (SSSR count). The average Bonchev–Trinajstić information content (AvgIpc) is 2.22. The number of hydrogen-bond acceptors (Lipinski definition) is 5. The lowest BCUT2D eigenvalue weighted by atomic mass is 9.96. The summed E-state index contributed by atoms with van der Waals surface area (Å²) < 4.78 is 0. The fraction of sp³-hybridized carbons (Fsp3) is 0.750. The molecule has 0 aliphatic carbocycles. The maximum Gasteiger partial charge on any atom is 0.223 e. The minimum atomic E-state index is -1.48. The van der Waals surface area contributed by atoms with Crippen molar-refractivity contribution in [2.75, 3.05) is 0 Å². The maximum atomic E-state index is 11.6. The van der Waals surface area contributed by atoms with Crippen LogP contribution in [0.2, 0.25) is 0 Å². The highest BCUT2D eigenvalue weighted by molar-refractivity contribution is 5.83. The number of carbonyl (C=O) groups is 3. The first-order valence-corrected chi connectivity index (χ1v) is 6.19. The molecule has 0 saturated carbocycles. The van der Waals surface area contributed by atoms with Crippen LogP contribution in [-0.4, -0.2) is 34.5 Å². The van der Waals surface area contributed by atoms with E-state index in [-0.39, 0.29) is 19.3 Å². The number of amides is 2. The van der Waals surface area contributed by atoms with Gasteiger partial charge in [-0.2, -0.15) is 0 Å². The van der Waals surface area contributed by atoms with Crippen LogP contribution in [0, 0.1) is 0 Å². The number of carbonyl (C=O) groups excluding carboxylic acids is 3. The smallest absolute Gasteiger partial charge is 0.223 e. The fourth-order valence-corrected chi connectivity index (χ4v) is 1.75. The van der Waals surface area contributed by atoms with Gasteiger partial charge in [0.05, 0.1) is 24.0 Å². The Bertz CT molecular complexity index is 341. The van der Waals surface area contributed by atoms with Crippen molar-refractivity contribution in [3.05, 3.63) is 0 Å². The highest BCUT2D eigenvalue weighted by Crippen LogP contribution is 2.16. The van der Waals surface area contributed by atoms with Crippen LogP contribution < -0.4 is 16.2 Å². The number of carboxylic acid groups (broad SMARTS) is 1. The lowest BCUT2D eigenvalue weighted by Gasteiger charge is -2.24. The number of primary amides is 1. The number of nitrogens with two attached hydrogens (primary N) is 1. The quantitative estimate of drug-likeness (QED) is 0.466. The zero-order valence-corrected chi connectivity index (χ0v) is 11.3. The van der Waals surface area contributed by atoms with E-state index in [2.05, 4.69) is 5.32 Å². The van der Waals surface area contributed by atoms with Crippen molar-refractivity contribution in [1.29, 1.82) is 0 Å². The number of hydrogen-bond donors (Lipinski definition) is 3. The molecule has 0 aromatic heterocycles. The summed E-state index contributed by atoms with van der Waals surface area (Å²) in [6.45, 7) is 3.37. The van der Waals surface area contributed by atoms with Crippen LogP contribution in [0.1, 0.15) is 46.0 Å². The van der Waals surface area contributed by atoms with E-state index in [4.69, 9.17) is 5.73 Å². The molecule has 0 spiro atoms. The highest BCUT2D eigenvalue weighted by Gasteiger charge is 2.25. The Balaban J connectivity index is 4.39. The van der Waals surface area contributed by atoms with Crippen molar-refractivity contribution in [2.24, 2.45) is 5.73 Å². The van der Waals surface area contributed by atoms with E-state index in [0.717, 1.165) is 0 Å². The second kappa shape index (κ2) is 7.73. The van der Waals surface area contributed by atoms with E-state index in [1.165, 1.54) is 6.92 Å². The van der Waals surface area contributed by atoms with Crippen LogP contribution >= 0.6 is 0 Å². The SMILES string of the molecule is CCCC(C)(O)CC(=O)N[C@@H](CCC(N)=O)C(=O)[O-]. The lowest BCUT2D eigenvalue weighted by molar-refractivity contribution is -0.308. The maximum absolute atomic E-state index is 11.6. The summed E-state index contributed by atoms with van der Waals surface area (Å²) in [4.78, 5) is 33.0. The van der Waals surface area contributed by atoms with Gasteiger partial charge in [0, 0.05) is 6.42 Å². The summed E-state index contributed by atoms with van der Waals surface area (Å²) in [5.74, 6) is -2.74. The summed E-state index contributed by atoms with van der Waals surface area (Å²) in [6, 6.07) is -1.28. The van der Waals surface area contributed by atoms with E-state index in [1.54, 1.807) is 0 Å². The summed E-state index contributed by atoms with van der Waals surface area (Å²) in [5, 5.41) is 22.9. The third-order valence-corrected chi connectivity index (χ3v) is 2.63. The van der Waals surface area contributed by atoms with Crippen LogP contribution in [0.5, 0.6) is 0 Å². The first-order chi connectivity index (χ1) is 8.68. The van der Waals surface area contributed by atoms with Gasteiger partial charge in [0.1, 0.15) is 0 Å². The van der Waals surface area contributed by atoms with Crippen LogP contribution in [-0.2, 0) is 14.4 Å². The molecule has 0 aromatic rings. The topological polar surface area (TPSA) is 133 Å². The molecule has 2 amide bonds. The van der Waals surface area contributed by atoms with Gasteiger partial charge in [-0.05, 0) is 19.8 Å². The monoisotopic (exact) mass is 273 g/mol. The minimum Gasteiger partial charge on any atom is -0.548 e. The zero-order chi connectivity index (χ0) is 15.1. The standard InChI is InChI=1S/C12H22N2O5/c1-3-6-12(2,19)7-10(16)14-8(11(17)18)4-5-9(13)15/h8,19H,3-7H2,1-2H3,(H2,13,15)(H,14,16)(H,17,18)/p-1/t8-,12?/m0/s1. The third kappa shape index (κ3) is 8.15. The molecular formula is C12H21N2O5-.